The Morgan fingerprint density at radius 1 is 1.36 bits per heavy atom. The van der Waals surface area contributed by atoms with Gasteiger partial charge in [0.2, 0.25) is 12.2 Å². The lowest BCUT2D eigenvalue weighted by molar-refractivity contribution is -0.185. The molecule has 2 atom stereocenters. The maximum atomic E-state index is 12.0. The molecule has 6 heteroatoms. The van der Waals surface area contributed by atoms with Crippen LogP contribution < -0.4 is 5.32 Å². The molecule has 2 unspecified atom stereocenters. The van der Waals surface area contributed by atoms with Gasteiger partial charge in [-0.3, -0.25) is 4.79 Å². The van der Waals surface area contributed by atoms with E-state index in [9.17, 15) is 14.4 Å². The Balaban J connectivity index is 1.86. The van der Waals surface area contributed by atoms with Gasteiger partial charge in [0.1, 0.15) is 12.3 Å². The van der Waals surface area contributed by atoms with Gasteiger partial charge in [0.15, 0.2) is 0 Å². The van der Waals surface area contributed by atoms with Crippen molar-refractivity contribution in [2.45, 2.75) is 44.6 Å². The molecule has 118 valence electrons. The lowest BCUT2D eigenvalue weighted by Crippen LogP contribution is -2.37. The van der Waals surface area contributed by atoms with Gasteiger partial charge in [-0.1, -0.05) is 30.3 Å². The number of aldehydes is 1. The summed E-state index contributed by atoms with van der Waals surface area (Å²) >= 11 is 0. The van der Waals surface area contributed by atoms with E-state index in [-0.39, 0.29) is 18.9 Å². The van der Waals surface area contributed by atoms with E-state index < -0.39 is 18.3 Å². The Morgan fingerprint density at radius 3 is 2.77 bits per heavy atom. The molecule has 0 aromatic heterocycles. The monoisotopic (exact) mass is 305 g/mol. The molecule has 0 saturated carbocycles. The van der Waals surface area contributed by atoms with Gasteiger partial charge >= 0.3 is 5.97 Å². The van der Waals surface area contributed by atoms with Crippen LogP contribution in [-0.2, 0) is 30.5 Å². The van der Waals surface area contributed by atoms with Gasteiger partial charge < -0.3 is 19.6 Å². The molecule has 0 spiro atoms. The molecule has 1 fully saturated rings. The van der Waals surface area contributed by atoms with Crippen LogP contribution in [0.5, 0.6) is 0 Å². The van der Waals surface area contributed by atoms with E-state index >= 15 is 0 Å². The van der Waals surface area contributed by atoms with E-state index in [0.717, 1.165) is 11.8 Å². The summed E-state index contributed by atoms with van der Waals surface area (Å²) in [6.45, 7) is 0.286. The average Bonchev–Trinajstić information content (AvgIpc) is 2.97. The molecule has 1 aromatic rings. The number of hydrogen-bond acceptors (Lipinski definition) is 5. The summed E-state index contributed by atoms with van der Waals surface area (Å²) in [5.74, 6) is -0.675. The highest BCUT2D eigenvalue weighted by Crippen LogP contribution is 2.13. The Labute approximate surface area is 128 Å². The molecule has 1 heterocycles. The molecule has 0 bridgehead atoms. The lowest BCUT2D eigenvalue weighted by Gasteiger charge is -2.19. The summed E-state index contributed by atoms with van der Waals surface area (Å²) in [5.41, 5.74) is 0.948. The summed E-state index contributed by atoms with van der Waals surface area (Å²) in [6.07, 6.45) is 1.24. The molecule has 0 aliphatic carbocycles. The molecular weight excluding hydrogens is 286 g/mol. The van der Waals surface area contributed by atoms with Crippen LogP contribution in [0.15, 0.2) is 30.3 Å². The largest absolute Gasteiger partial charge is 0.434 e. The van der Waals surface area contributed by atoms with Crippen LogP contribution in [0.1, 0.15) is 31.2 Å². The summed E-state index contributed by atoms with van der Waals surface area (Å²) in [6, 6.07) is 8.85. The number of ether oxygens (including phenoxy) is 2. The molecule has 2 rings (SSSR count). The molecule has 1 aromatic carbocycles. The van der Waals surface area contributed by atoms with E-state index in [1.165, 1.54) is 0 Å². The van der Waals surface area contributed by atoms with E-state index in [2.05, 4.69) is 5.32 Å². The molecular formula is C16H19NO5. The summed E-state index contributed by atoms with van der Waals surface area (Å²) in [4.78, 5) is 33.6. The third-order valence-electron chi connectivity index (χ3n) is 3.33. The number of hydrogen-bond donors (Lipinski definition) is 1. The quantitative estimate of drug-likeness (QED) is 0.445. The second-order valence-electron chi connectivity index (χ2n) is 5.07. The molecule has 1 aliphatic heterocycles. The second kappa shape index (κ2) is 8.29. The lowest BCUT2D eigenvalue weighted by atomic mass is 10.2. The van der Waals surface area contributed by atoms with Gasteiger partial charge in [-0.25, -0.2) is 4.79 Å². The number of benzene rings is 1. The van der Waals surface area contributed by atoms with Crippen molar-refractivity contribution in [1.29, 1.82) is 0 Å². The minimum atomic E-state index is -0.796. The average molecular weight is 305 g/mol. The molecule has 0 radical (unpaired) electrons. The molecule has 1 N–H and O–H groups in total. The SMILES string of the molecule is O=CCCC(OCc1ccccc1)OC(=O)C1CCC(=O)N1. The van der Waals surface area contributed by atoms with E-state index in [0.29, 0.717) is 19.3 Å². The standard InChI is InChI=1S/C16H19NO5/c18-10-4-7-15(21-11-12-5-2-1-3-6-12)22-16(20)13-8-9-14(19)17-13/h1-3,5-6,10,13,15H,4,7-9,11H2,(H,17,19). The van der Waals surface area contributed by atoms with Crippen molar-refractivity contribution >= 4 is 18.2 Å². The first-order valence-corrected chi connectivity index (χ1v) is 7.28. The summed E-state index contributed by atoms with van der Waals surface area (Å²) < 4.78 is 10.8. The first-order valence-electron chi connectivity index (χ1n) is 7.28. The zero-order chi connectivity index (χ0) is 15.8. The fourth-order valence-corrected chi connectivity index (χ4v) is 2.15. The third-order valence-corrected chi connectivity index (χ3v) is 3.33. The van der Waals surface area contributed by atoms with Gasteiger partial charge in [0, 0.05) is 19.3 Å². The topological polar surface area (TPSA) is 81.7 Å². The van der Waals surface area contributed by atoms with Crippen molar-refractivity contribution in [2.24, 2.45) is 0 Å². The van der Waals surface area contributed by atoms with Crippen LogP contribution in [-0.4, -0.2) is 30.5 Å². The summed E-state index contributed by atoms with van der Waals surface area (Å²) in [5, 5.41) is 2.55. The molecule has 22 heavy (non-hydrogen) atoms. The number of rotatable bonds is 8. The molecule has 1 saturated heterocycles. The minimum Gasteiger partial charge on any atom is -0.434 e. The normalized spacial score (nSPS) is 18.5. The number of amides is 1. The molecule has 1 amide bonds. The highest BCUT2D eigenvalue weighted by atomic mass is 16.7. The van der Waals surface area contributed by atoms with Crippen molar-refractivity contribution in [3.05, 3.63) is 35.9 Å². The maximum absolute atomic E-state index is 12.0. The zero-order valence-corrected chi connectivity index (χ0v) is 12.2. The number of carbonyl (C=O) groups is 3. The van der Waals surface area contributed by atoms with Crippen LogP contribution in [0.2, 0.25) is 0 Å². The van der Waals surface area contributed by atoms with Gasteiger partial charge in [-0.15, -0.1) is 0 Å². The van der Waals surface area contributed by atoms with Crippen molar-refractivity contribution < 1.29 is 23.9 Å². The Hall–Kier alpha value is -2.21. The predicted octanol–water partition coefficient (Wildman–Crippen LogP) is 1.33. The minimum absolute atomic E-state index is 0.156. The van der Waals surface area contributed by atoms with Gasteiger partial charge in [0.25, 0.3) is 0 Å². The Morgan fingerprint density at radius 2 is 2.14 bits per heavy atom. The predicted molar refractivity (Wildman–Crippen MR) is 77.6 cm³/mol. The smallest absolute Gasteiger partial charge is 0.330 e. The number of esters is 1. The van der Waals surface area contributed by atoms with Crippen molar-refractivity contribution in [2.75, 3.05) is 0 Å². The molecule has 6 nitrogen and oxygen atoms in total. The van der Waals surface area contributed by atoms with Crippen LogP contribution in [0.25, 0.3) is 0 Å². The Bertz CT molecular complexity index is 517. The van der Waals surface area contributed by atoms with Gasteiger partial charge in [-0.2, -0.15) is 0 Å². The zero-order valence-electron chi connectivity index (χ0n) is 12.2. The van der Waals surface area contributed by atoms with Crippen molar-refractivity contribution in [1.82, 2.24) is 5.32 Å². The van der Waals surface area contributed by atoms with Crippen LogP contribution >= 0.6 is 0 Å². The highest BCUT2D eigenvalue weighted by molar-refractivity contribution is 5.88. The first kappa shape index (κ1) is 16.2. The first-order chi connectivity index (χ1) is 10.7. The van der Waals surface area contributed by atoms with Crippen LogP contribution in [0.4, 0.5) is 0 Å². The fraction of sp³-hybridized carbons (Fsp3) is 0.438. The third kappa shape index (κ3) is 4.96. The fourth-order valence-electron chi connectivity index (χ4n) is 2.15. The highest BCUT2D eigenvalue weighted by Gasteiger charge is 2.30. The molecule has 1 aliphatic rings. The van der Waals surface area contributed by atoms with Crippen molar-refractivity contribution in [3.63, 3.8) is 0 Å². The Kier molecular flexibility index (Phi) is 6.09. The van der Waals surface area contributed by atoms with E-state index in [1.807, 2.05) is 30.3 Å². The number of carbonyl (C=O) groups excluding carboxylic acids is 3. The van der Waals surface area contributed by atoms with E-state index in [1.54, 1.807) is 0 Å². The van der Waals surface area contributed by atoms with Gasteiger partial charge in [-0.05, 0) is 12.0 Å². The maximum Gasteiger partial charge on any atom is 0.330 e. The van der Waals surface area contributed by atoms with E-state index in [4.69, 9.17) is 9.47 Å². The van der Waals surface area contributed by atoms with Crippen LogP contribution in [0, 0.1) is 0 Å². The van der Waals surface area contributed by atoms with Crippen molar-refractivity contribution in [3.8, 4) is 0 Å². The van der Waals surface area contributed by atoms with Gasteiger partial charge in [0.05, 0.1) is 6.61 Å². The number of nitrogens with one attached hydrogen (secondary N) is 1. The summed E-state index contributed by atoms with van der Waals surface area (Å²) in [7, 11) is 0. The second-order valence-corrected chi connectivity index (χ2v) is 5.07. The van der Waals surface area contributed by atoms with Crippen LogP contribution in [0.3, 0.4) is 0 Å².